The second-order valence-electron chi connectivity index (χ2n) is 4.97. The fourth-order valence-corrected chi connectivity index (χ4v) is 3.57. The maximum atomic E-state index is 14.0. The summed E-state index contributed by atoms with van der Waals surface area (Å²) in [6.45, 7) is 1.09. The number of likely N-dealkylation sites (N-methyl/N-ethyl adjacent to an activating group) is 1. The Labute approximate surface area is 123 Å². The first-order valence-corrected chi connectivity index (χ1v) is 8.01. The minimum absolute atomic E-state index is 0.201. The smallest absolute Gasteiger partial charge is 0.243 e. The molecule has 0 bridgehead atoms. The van der Waals surface area contributed by atoms with E-state index in [1.165, 1.54) is 12.1 Å². The molecule has 114 valence electrons. The highest BCUT2D eigenvalue weighted by atomic mass is 32.2. The number of aliphatic hydroxyl groups excluding tert-OH is 1. The average Bonchev–Trinajstić information content (AvgIpc) is 2.80. The van der Waals surface area contributed by atoms with Gasteiger partial charge in [0.05, 0.1) is 0 Å². The number of aliphatic hydroxyl groups is 1. The van der Waals surface area contributed by atoms with Gasteiger partial charge in [-0.05, 0) is 38.2 Å². The average molecular weight is 312 g/mol. The molecular weight excluding hydrogens is 295 g/mol. The van der Waals surface area contributed by atoms with Crippen molar-refractivity contribution in [3.63, 3.8) is 0 Å². The number of halogens is 1. The zero-order valence-electron chi connectivity index (χ0n) is 11.6. The second kappa shape index (κ2) is 6.54. The molecule has 1 aliphatic rings. The molecule has 7 heteroatoms. The van der Waals surface area contributed by atoms with Crippen LogP contribution in [0.5, 0.6) is 0 Å². The van der Waals surface area contributed by atoms with Gasteiger partial charge in [-0.2, -0.15) is 0 Å². The molecule has 1 aromatic rings. The Kier molecular flexibility index (Phi) is 4.96. The van der Waals surface area contributed by atoms with Gasteiger partial charge in [-0.15, -0.1) is 0 Å². The van der Waals surface area contributed by atoms with Gasteiger partial charge in [-0.1, -0.05) is 11.8 Å². The van der Waals surface area contributed by atoms with Crippen LogP contribution in [0.25, 0.3) is 0 Å². The van der Waals surface area contributed by atoms with E-state index >= 15 is 0 Å². The van der Waals surface area contributed by atoms with Gasteiger partial charge in [0, 0.05) is 18.2 Å². The first kappa shape index (κ1) is 15.9. The Morgan fingerprint density at radius 3 is 2.86 bits per heavy atom. The van der Waals surface area contributed by atoms with E-state index in [9.17, 15) is 12.8 Å². The van der Waals surface area contributed by atoms with Gasteiger partial charge in [-0.25, -0.2) is 17.5 Å². The molecule has 0 aliphatic carbocycles. The van der Waals surface area contributed by atoms with Gasteiger partial charge in [0.2, 0.25) is 10.0 Å². The van der Waals surface area contributed by atoms with Gasteiger partial charge in [0.1, 0.15) is 17.3 Å². The molecule has 5 nitrogen and oxygen atoms in total. The number of hydrogen-bond acceptors (Lipinski definition) is 4. The number of nitrogens with one attached hydrogen (secondary N) is 1. The molecule has 0 aromatic heterocycles. The zero-order valence-corrected chi connectivity index (χ0v) is 12.5. The van der Waals surface area contributed by atoms with Crippen molar-refractivity contribution in [1.82, 2.24) is 9.62 Å². The predicted molar refractivity (Wildman–Crippen MR) is 76.6 cm³/mol. The van der Waals surface area contributed by atoms with Crippen molar-refractivity contribution in [2.75, 3.05) is 26.7 Å². The summed E-state index contributed by atoms with van der Waals surface area (Å²) in [6.07, 6.45) is 0.706. The van der Waals surface area contributed by atoms with Crippen molar-refractivity contribution in [3.05, 3.63) is 29.6 Å². The molecule has 1 fully saturated rings. The van der Waals surface area contributed by atoms with Crippen LogP contribution in [0, 0.1) is 17.7 Å². The molecule has 21 heavy (non-hydrogen) atoms. The third kappa shape index (κ3) is 4.02. The van der Waals surface area contributed by atoms with Gasteiger partial charge >= 0.3 is 0 Å². The summed E-state index contributed by atoms with van der Waals surface area (Å²) in [5, 5.41) is 8.58. The monoisotopic (exact) mass is 312 g/mol. The van der Waals surface area contributed by atoms with Gasteiger partial charge < -0.3 is 10.0 Å². The molecule has 0 spiro atoms. The Hall–Kier alpha value is -1.46. The highest BCUT2D eigenvalue weighted by Crippen LogP contribution is 2.17. The van der Waals surface area contributed by atoms with Crippen molar-refractivity contribution in [1.29, 1.82) is 0 Å². The Morgan fingerprint density at radius 1 is 1.52 bits per heavy atom. The summed E-state index contributed by atoms with van der Waals surface area (Å²) in [5.74, 6) is 4.06. The molecule has 1 unspecified atom stereocenters. The first-order valence-electron chi connectivity index (χ1n) is 6.52. The normalized spacial score (nSPS) is 19.3. The molecule has 1 aliphatic heterocycles. The highest BCUT2D eigenvalue weighted by molar-refractivity contribution is 7.89. The van der Waals surface area contributed by atoms with Crippen LogP contribution in [0.3, 0.4) is 0 Å². The van der Waals surface area contributed by atoms with Gasteiger partial charge in [0.15, 0.2) is 0 Å². The number of nitrogens with zero attached hydrogens (tertiary/aromatic N) is 1. The topological polar surface area (TPSA) is 69.6 Å². The fourth-order valence-electron chi connectivity index (χ4n) is 2.25. The lowest BCUT2D eigenvalue weighted by atomic mass is 10.2. The van der Waals surface area contributed by atoms with Gasteiger partial charge in [0.25, 0.3) is 0 Å². The lowest BCUT2D eigenvalue weighted by molar-refractivity contribution is 0.350. The van der Waals surface area contributed by atoms with Crippen LogP contribution in [0.4, 0.5) is 4.39 Å². The van der Waals surface area contributed by atoms with E-state index in [-0.39, 0.29) is 17.5 Å². The van der Waals surface area contributed by atoms with Crippen LogP contribution >= 0.6 is 0 Å². The van der Waals surface area contributed by atoms with Crippen molar-refractivity contribution >= 4 is 10.0 Å². The maximum absolute atomic E-state index is 14.0. The molecule has 1 atom stereocenters. The van der Waals surface area contributed by atoms with Crippen molar-refractivity contribution in [3.8, 4) is 11.8 Å². The largest absolute Gasteiger partial charge is 0.384 e. The van der Waals surface area contributed by atoms with E-state index in [2.05, 4.69) is 16.6 Å². The van der Waals surface area contributed by atoms with E-state index in [4.69, 9.17) is 5.11 Å². The second-order valence-corrected chi connectivity index (χ2v) is 6.66. The summed E-state index contributed by atoms with van der Waals surface area (Å²) in [4.78, 5) is 1.63. The third-order valence-electron chi connectivity index (χ3n) is 3.25. The molecule has 2 N–H and O–H groups in total. The molecule has 1 heterocycles. The van der Waals surface area contributed by atoms with Crippen molar-refractivity contribution in [2.45, 2.75) is 17.4 Å². The SMILES string of the molecule is CN1CCC(NS(=O)(=O)c2ccc(C#CCO)cc2F)C1. The number of likely N-dealkylation sites (tertiary alicyclic amines) is 1. The van der Waals surface area contributed by atoms with Crippen LogP contribution in [0.15, 0.2) is 23.1 Å². The van der Waals surface area contributed by atoms with Crippen LogP contribution in [-0.2, 0) is 10.0 Å². The van der Waals surface area contributed by atoms with Crippen LogP contribution in [-0.4, -0.2) is 51.2 Å². The van der Waals surface area contributed by atoms with Crippen LogP contribution < -0.4 is 4.72 Å². The predicted octanol–water partition coefficient (Wildman–Crippen LogP) is 0.152. The highest BCUT2D eigenvalue weighted by Gasteiger charge is 2.27. The molecule has 0 amide bonds. The Morgan fingerprint density at radius 2 is 2.29 bits per heavy atom. The lowest BCUT2D eigenvalue weighted by Crippen LogP contribution is -2.36. The van der Waals surface area contributed by atoms with E-state index in [1.54, 1.807) is 0 Å². The van der Waals surface area contributed by atoms with Crippen molar-refractivity contribution in [2.24, 2.45) is 0 Å². The molecule has 0 saturated carbocycles. The third-order valence-corrected chi connectivity index (χ3v) is 4.80. The fraction of sp³-hybridized carbons (Fsp3) is 0.429. The number of sulfonamides is 1. The summed E-state index contributed by atoms with van der Waals surface area (Å²) in [5.41, 5.74) is 0.320. The number of rotatable bonds is 3. The standard InChI is InChI=1S/C14H17FN2O3S/c1-17-7-6-12(10-17)16-21(19,20)14-5-4-11(3-2-8-18)9-13(14)15/h4-5,9,12,16,18H,6-8,10H2,1H3. The molecule has 1 aromatic carbocycles. The van der Waals surface area contributed by atoms with Crippen molar-refractivity contribution < 1.29 is 17.9 Å². The summed E-state index contributed by atoms with van der Waals surface area (Å²) in [6, 6.07) is 3.46. The summed E-state index contributed by atoms with van der Waals surface area (Å²) < 4.78 is 40.9. The molecular formula is C14H17FN2O3S. The molecule has 0 radical (unpaired) electrons. The first-order chi connectivity index (χ1) is 9.92. The molecule has 2 rings (SSSR count). The number of hydrogen-bond donors (Lipinski definition) is 2. The minimum Gasteiger partial charge on any atom is -0.384 e. The maximum Gasteiger partial charge on any atom is 0.243 e. The summed E-state index contributed by atoms with van der Waals surface area (Å²) in [7, 11) is -1.98. The summed E-state index contributed by atoms with van der Waals surface area (Å²) >= 11 is 0. The van der Waals surface area contributed by atoms with Crippen LogP contribution in [0.1, 0.15) is 12.0 Å². The van der Waals surface area contributed by atoms with E-state index in [0.29, 0.717) is 18.5 Å². The molecule has 1 saturated heterocycles. The van der Waals surface area contributed by atoms with Crippen LogP contribution in [0.2, 0.25) is 0 Å². The van der Waals surface area contributed by atoms with Gasteiger partial charge in [-0.3, -0.25) is 0 Å². The quantitative estimate of drug-likeness (QED) is 0.780. The lowest BCUT2D eigenvalue weighted by Gasteiger charge is -2.13. The van der Waals surface area contributed by atoms with E-state index < -0.39 is 15.8 Å². The van der Waals surface area contributed by atoms with E-state index in [1.807, 2.05) is 11.9 Å². The Bertz CT molecular complexity index is 679. The minimum atomic E-state index is -3.88. The zero-order chi connectivity index (χ0) is 15.5. The number of benzene rings is 1. The Balaban J connectivity index is 2.20. The van der Waals surface area contributed by atoms with E-state index in [0.717, 1.165) is 12.6 Å².